The van der Waals surface area contributed by atoms with E-state index in [0.717, 1.165) is 18.5 Å². The molecular formula is C26H35ClN6O4. The maximum Gasteiger partial charge on any atom is 0.330 e. The van der Waals surface area contributed by atoms with Gasteiger partial charge in [-0.3, -0.25) is 9.36 Å². The molecule has 0 bridgehead atoms. The van der Waals surface area contributed by atoms with Gasteiger partial charge >= 0.3 is 12.1 Å². The van der Waals surface area contributed by atoms with Gasteiger partial charge in [0.15, 0.2) is 0 Å². The van der Waals surface area contributed by atoms with Crippen molar-refractivity contribution < 1.29 is 19.1 Å². The van der Waals surface area contributed by atoms with Gasteiger partial charge in [0.05, 0.1) is 24.5 Å². The van der Waals surface area contributed by atoms with Gasteiger partial charge in [0.2, 0.25) is 5.91 Å². The Balaban J connectivity index is 1.37. The van der Waals surface area contributed by atoms with E-state index in [9.17, 15) is 14.4 Å². The summed E-state index contributed by atoms with van der Waals surface area (Å²) in [6, 6.07) is 5.41. The second-order valence-electron chi connectivity index (χ2n) is 9.61. The average molecular weight is 531 g/mol. The van der Waals surface area contributed by atoms with Crippen LogP contribution in [0.15, 0.2) is 30.5 Å². The van der Waals surface area contributed by atoms with Crippen molar-refractivity contribution >= 4 is 35.3 Å². The lowest BCUT2D eigenvalue weighted by Crippen LogP contribution is -2.57. The first kappa shape index (κ1) is 26.9. The average Bonchev–Trinajstić information content (AvgIpc) is 3.43. The fourth-order valence-corrected chi connectivity index (χ4v) is 4.97. The molecule has 1 unspecified atom stereocenters. The Morgan fingerprint density at radius 2 is 1.92 bits per heavy atom. The third-order valence-corrected chi connectivity index (χ3v) is 7.25. The number of aryl methyl sites for hydroxylation is 1. The maximum atomic E-state index is 13.6. The van der Waals surface area contributed by atoms with Crippen molar-refractivity contribution in [2.45, 2.75) is 71.2 Å². The predicted octanol–water partition coefficient (Wildman–Crippen LogP) is 4.02. The highest BCUT2D eigenvalue weighted by atomic mass is 35.5. The summed E-state index contributed by atoms with van der Waals surface area (Å²) in [5.74, 6) is 0.505. The van der Waals surface area contributed by atoms with Crippen molar-refractivity contribution in [3.8, 4) is 0 Å². The first-order chi connectivity index (χ1) is 17.8. The van der Waals surface area contributed by atoms with Crippen molar-refractivity contribution in [1.29, 1.82) is 0 Å². The molecule has 0 radical (unpaired) electrons. The van der Waals surface area contributed by atoms with E-state index in [2.05, 4.69) is 22.5 Å². The molecule has 1 aromatic carbocycles. The summed E-state index contributed by atoms with van der Waals surface area (Å²) in [5, 5.41) is 6.14. The normalized spacial score (nSPS) is 17.5. The van der Waals surface area contributed by atoms with Crippen molar-refractivity contribution in [2.24, 2.45) is 0 Å². The minimum atomic E-state index is -0.844. The second-order valence-corrected chi connectivity index (χ2v) is 10.0. The van der Waals surface area contributed by atoms with Crippen LogP contribution in [-0.4, -0.2) is 75.2 Å². The molecule has 37 heavy (non-hydrogen) atoms. The summed E-state index contributed by atoms with van der Waals surface area (Å²) in [6.45, 7) is 7.74. The second kappa shape index (κ2) is 12.0. The molecular weight excluding hydrogens is 496 g/mol. The van der Waals surface area contributed by atoms with Crippen molar-refractivity contribution in [1.82, 2.24) is 24.7 Å². The molecule has 3 heterocycles. The van der Waals surface area contributed by atoms with Crippen LogP contribution in [0.5, 0.6) is 0 Å². The van der Waals surface area contributed by atoms with Crippen LogP contribution >= 0.6 is 11.6 Å². The lowest BCUT2D eigenvalue weighted by molar-refractivity contribution is -0.138. The largest absolute Gasteiger partial charge is 0.376 e. The van der Waals surface area contributed by atoms with Gasteiger partial charge < -0.3 is 25.2 Å². The Labute approximate surface area is 222 Å². The van der Waals surface area contributed by atoms with E-state index in [1.165, 1.54) is 0 Å². The molecule has 4 rings (SSSR count). The highest BCUT2D eigenvalue weighted by molar-refractivity contribution is 6.30. The van der Waals surface area contributed by atoms with Crippen molar-refractivity contribution in [3.63, 3.8) is 0 Å². The number of ether oxygens (including phenoxy) is 1. The molecule has 1 saturated heterocycles. The zero-order chi connectivity index (χ0) is 26.5. The van der Waals surface area contributed by atoms with Crippen molar-refractivity contribution in [2.75, 3.05) is 25.0 Å². The number of fused-ring (bicyclic) bond motifs is 1. The standard InChI is InChI=1S/C26H35ClN6O4/c1-4-5-14-37-17(2)23(30-25(35)29-20-8-6-19(27)7-9-20)24(34)31-12-10-21(11-13-31)32-16-22-15-28-18(3)33(22)26(32)36/h6-9,15,17,21,23H,4-5,10-14,16H2,1-3H3,(H2,29,30,35)/t17?,23-/m1/s1. The number of carbonyl (C=O) groups excluding carboxylic acids is 3. The van der Waals surface area contributed by atoms with Gasteiger partial charge in [0, 0.05) is 36.4 Å². The first-order valence-electron chi connectivity index (χ1n) is 12.9. The molecule has 2 aromatic rings. The Morgan fingerprint density at radius 1 is 1.22 bits per heavy atom. The molecule has 0 saturated carbocycles. The number of carbonyl (C=O) groups is 3. The molecule has 2 atom stereocenters. The quantitative estimate of drug-likeness (QED) is 0.476. The lowest BCUT2D eigenvalue weighted by Gasteiger charge is -2.38. The van der Waals surface area contributed by atoms with E-state index >= 15 is 0 Å². The van der Waals surface area contributed by atoms with Gasteiger partial charge in [-0.25, -0.2) is 14.6 Å². The SMILES string of the molecule is CCCCOC(C)[C@@H](NC(=O)Nc1ccc(Cl)cc1)C(=O)N1CCC(N2Cc3cnc(C)n3C2=O)CC1. The zero-order valence-corrected chi connectivity index (χ0v) is 22.3. The molecule has 2 aliphatic heterocycles. The predicted molar refractivity (Wildman–Crippen MR) is 141 cm³/mol. The number of nitrogens with one attached hydrogen (secondary N) is 2. The lowest BCUT2D eigenvalue weighted by atomic mass is 10.0. The van der Waals surface area contributed by atoms with E-state index in [1.807, 2.05) is 11.8 Å². The fourth-order valence-electron chi connectivity index (χ4n) is 4.85. The minimum Gasteiger partial charge on any atom is -0.376 e. The molecule has 1 fully saturated rings. The van der Waals surface area contributed by atoms with Crippen LogP contribution in [0.4, 0.5) is 15.3 Å². The summed E-state index contributed by atoms with van der Waals surface area (Å²) in [6.07, 6.45) is 4.42. The summed E-state index contributed by atoms with van der Waals surface area (Å²) < 4.78 is 7.57. The van der Waals surface area contributed by atoms with E-state index in [-0.39, 0.29) is 18.0 Å². The number of halogens is 1. The summed E-state index contributed by atoms with van der Waals surface area (Å²) in [7, 11) is 0. The van der Waals surface area contributed by atoms with Crippen LogP contribution in [0.2, 0.25) is 5.02 Å². The van der Waals surface area contributed by atoms with E-state index in [0.29, 0.717) is 55.6 Å². The molecule has 11 heteroatoms. The topological polar surface area (TPSA) is 109 Å². The van der Waals surface area contributed by atoms with Gasteiger partial charge in [-0.2, -0.15) is 0 Å². The Hall–Kier alpha value is -3.11. The van der Waals surface area contributed by atoms with Crippen molar-refractivity contribution in [3.05, 3.63) is 47.0 Å². The number of hydrogen-bond acceptors (Lipinski definition) is 5. The first-order valence-corrected chi connectivity index (χ1v) is 13.2. The number of imidazole rings is 1. The third-order valence-electron chi connectivity index (χ3n) is 7.00. The number of urea groups is 1. The van der Waals surface area contributed by atoms with Crippen LogP contribution in [0, 0.1) is 6.92 Å². The Kier molecular flexibility index (Phi) is 8.71. The molecule has 200 valence electrons. The number of anilines is 1. The summed E-state index contributed by atoms with van der Waals surface area (Å²) >= 11 is 5.93. The molecule has 4 amide bonds. The number of unbranched alkanes of at least 4 members (excludes halogenated alkanes) is 1. The van der Waals surface area contributed by atoms with Gasteiger partial charge in [-0.1, -0.05) is 24.9 Å². The molecule has 2 N–H and O–H groups in total. The Morgan fingerprint density at radius 3 is 2.57 bits per heavy atom. The smallest absolute Gasteiger partial charge is 0.330 e. The van der Waals surface area contributed by atoms with E-state index in [4.69, 9.17) is 16.3 Å². The van der Waals surface area contributed by atoms with Gasteiger partial charge in [-0.15, -0.1) is 0 Å². The number of aromatic nitrogens is 2. The van der Waals surface area contributed by atoms with E-state index < -0.39 is 18.2 Å². The minimum absolute atomic E-state index is 0.0497. The molecule has 0 aliphatic carbocycles. The van der Waals surface area contributed by atoms with E-state index in [1.54, 1.807) is 46.9 Å². The highest BCUT2D eigenvalue weighted by Crippen LogP contribution is 2.26. The number of hydrogen-bond donors (Lipinski definition) is 2. The van der Waals surface area contributed by atoms with Crippen LogP contribution in [0.1, 0.15) is 51.0 Å². The summed E-state index contributed by atoms with van der Waals surface area (Å²) in [4.78, 5) is 47.1. The monoisotopic (exact) mass is 530 g/mol. The number of rotatable bonds is 9. The third kappa shape index (κ3) is 6.24. The molecule has 10 nitrogen and oxygen atoms in total. The summed E-state index contributed by atoms with van der Waals surface area (Å²) in [5.41, 5.74) is 1.47. The zero-order valence-electron chi connectivity index (χ0n) is 21.6. The number of piperidine rings is 1. The molecule has 0 spiro atoms. The number of amides is 4. The Bertz CT molecular complexity index is 1110. The van der Waals surface area contributed by atoms with Gasteiger partial charge in [-0.05, 0) is 57.4 Å². The highest BCUT2D eigenvalue weighted by Gasteiger charge is 2.38. The van der Waals surface area contributed by atoms with Crippen LogP contribution in [0.25, 0.3) is 0 Å². The maximum absolute atomic E-state index is 13.6. The van der Waals surface area contributed by atoms with Crippen LogP contribution in [-0.2, 0) is 16.1 Å². The number of benzene rings is 1. The number of likely N-dealkylation sites (tertiary alicyclic amines) is 1. The van der Waals surface area contributed by atoms with Crippen LogP contribution in [0.3, 0.4) is 0 Å². The van der Waals surface area contributed by atoms with Crippen LogP contribution < -0.4 is 10.6 Å². The molecule has 2 aliphatic rings. The fraction of sp³-hybridized carbons (Fsp3) is 0.538. The van der Waals surface area contributed by atoms with Gasteiger partial charge in [0.25, 0.3) is 0 Å². The number of nitrogens with zero attached hydrogens (tertiary/aromatic N) is 4. The molecule has 1 aromatic heterocycles. The van der Waals surface area contributed by atoms with Gasteiger partial charge in [0.1, 0.15) is 11.9 Å².